The number of Topliss-reactive ketones (excluding diaryl/α,β-unsaturated/α-hetero) is 1. The van der Waals surface area contributed by atoms with Gasteiger partial charge in [0.1, 0.15) is 5.78 Å². The molecular formula is C10H18O4S. The van der Waals surface area contributed by atoms with E-state index in [4.69, 9.17) is 4.55 Å². The van der Waals surface area contributed by atoms with Gasteiger partial charge in [0.2, 0.25) is 16.2 Å². The van der Waals surface area contributed by atoms with Gasteiger partial charge in [-0.1, -0.05) is 27.7 Å². The molecule has 0 aromatic rings. The van der Waals surface area contributed by atoms with Gasteiger partial charge in [-0.05, 0) is 5.92 Å². The molecule has 0 rings (SSSR count). The largest absolute Gasteiger partial charge is 0.300 e. The maximum Gasteiger partial charge on any atom is 0.249 e. The molecule has 4 nitrogen and oxygen atoms in total. The van der Waals surface area contributed by atoms with E-state index in [1.165, 1.54) is 6.92 Å². The zero-order chi connectivity index (χ0) is 12.2. The first-order chi connectivity index (χ1) is 6.77. The summed E-state index contributed by atoms with van der Waals surface area (Å²) in [7, 11) is 0. The van der Waals surface area contributed by atoms with Gasteiger partial charge in [-0.25, -0.2) is 4.21 Å². The van der Waals surface area contributed by atoms with Crippen molar-refractivity contribution in [1.29, 1.82) is 0 Å². The van der Waals surface area contributed by atoms with Crippen LogP contribution in [0.1, 0.15) is 34.1 Å². The third kappa shape index (κ3) is 4.66. The molecule has 3 atom stereocenters. The van der Waals surface area contributed by atoms with Crippen molar-refractivity contribution in [3.63, 3.8) is 0 Å². The van der Waals surface area contributed by atoms with E-state index >= 15 is 0 Å². The summed E-state index contributed by atoms with van der Waals surface area (Å²) in [6.45, 7) is 7.17. The van der Waals surface area contributed by atoms with Crippen molar-refractivity contribution >= 4 is 22.0 Å². The Bertz CT molecular complexity index is 273. The number of ketones is 1. The van der Waals surface area contributed by atoms with Crippen LogP contribution in [0, 0.1) is 17.8 Å². The second-order valence-electron chi connectivity index (χ2n) is 4.17. The summed E-state index contributed by atoms with van der Waals surface area (Å²) in [4.78, 5) is 22.7. The third-order valence-electron chi connectivity index (χ3n) is 2.59. The van der Waals surface area contributed by atoms with Gasteiger partial charge in [0.25, 0.3) is 0 Å². The molecular weight excluding hydrogens is 216 g/mol. The van der Waals surface area contributed by atoms with Gasteiger partial charge in [-0.15, -0.1) is 0 Å². The normalized spacial score (nSPS) is 17.2. The topological polar surface area (TPSA) is 71.4 Å². The predicted molar refractivity (Wildman–Crippen MR) is 58.6 cm³/mol. The average Bonchev–Trinajstić information content (AvgIpc) is 2.14. The van der Waals surface area contributed by atoms with Crippen molar-refractivity contribution in [2.45, 2.75) is 34.1 Å². The van der Waals surface area contributed by atoms with Gasteiger partial charge in [0.15, 0.2) is 0 Å². The van der Waals surface area contributed by atoms with Crippen molar-refractivity contribution in [3.8, 4) is 0 Å². The molecule has 0 aliphatic rings. The van der Waals surface area contributed by atoms with E-state index < -0.39 is 22.1 Å². The summed E-state index contributed by atoms with van der Waals surface area (Å²) in [5.74, 6) is -0.604. The highest BCUT2D eigenvalue weighted by Gasteiger charge is 2.25. The lowest BCUT2D eigenvalue weighted by Gasteiger charge is -2.15. The van der Waals surface area contributed by atoms with Gasteiger partial charge in [0.05, 0.1) is 0 Å². The summed E-state index contributed by atoms with van der Waals surface area (Å²) >= 11 is -2.47. The van der Waals surface area contributed by atoms with Crippen LogP contribution in [0.3, 0.4) is 0 Å². The molecule has 5 heteroatoms. The lowest BCUT2D eigenvalue weighted by molar-refractivity contribution is -0.127. The highest BCUT2D eigenvalue weighted by Crippen LogP contribution is 2.16. The fourth-order valence-electron chi connectivity index (χ4n) is 1.11. The number of carbonyl (C=O) groups is 2. The number of hydrogen-bond donors (Lipinski definition) is 1. The van der Waals surface area contributed by atoms with Crippen LogP contribution in [0.25, 0.3) is 0 Å². The molecule has 15 heavy (non-hydrogen) atoms. The van der Waals surface area contributed by atoms with Crippen LogP contribution in [0.5, 0.6) is 0 Å². The van der Waals surface area contributed by atoms with Crippen molar-refractivity contribution in [2.75, 3.05) is 0 Å². The van der Waals surface area contributed by atoms with Crippen LogP contribution >= 0.6 is 0 Å². The molecule has 1 unspecified atom stereocenters. The van der Waals surface area contributed by atoms with E-state index in [0.29, 0.717) is 0 Å². The van der Waals surface area contributed by atoms with Crippen LogP contribution in [-0.2, 0) is 20.7 Å². The summed E-state index contributed by atoms with van der Waals surface area (Å²) in [6, 6.07) is 0. The molecule has 0 fully saturated rings. The summed E-state index contributed by atoms with van der Waals surface area (Å²) in [5.41, 5.74) is 0. The molecule has 0 aliphatic heterocycles. The van der Waals surface area contributed by atoms with Gasteiger partial charge >= 0.3 is 0 Å². The van der Waals surface area contributed by atoms with E-state index in [0.717, 1.165) is 0 Å². The Labute approximate surface area is 92.7 Å². The molecule has 0 aromatic heterocycles. The molecule has 0 aliphatic carbocycles. The van der Waals surface area contributed by atoms with Crippen molar-refractivity contribution in [1.82, 2.24) is 0 Å². The Morgan fingerprint density at radius 2 is 1.67 bits per heavy atom. The highest BCUT2D eigenvalue weighted by molar-refractivity contribution is 7.95. The molecule has 0 aromatic carbocycles. The summed E-state index contributed by atoms with van der Waals surface area (Å²) < 4.78 is 19.0. The van der Waals surface area contributed by atoms with E-state index in [9.17, 15) is 13.8 Å². The maximum absolute atomic E-state index is 11.6. The van der Waals surface area contributed by atoms with E-state index in [1.807, 2.05) is 13.8 Å². The zero-order valence-corrected chi connectivity index (χ0v) is 10.3. The van der Waals surface area contributed by atoms with Gasteiger partial charge in [0, 0.05) is 18.3 Å². The molecule has 0 saturated carbocycles. The third-order valence-corrected chi connectivity index (χ3v) is 3.34. The number of rotatable bonds is 5. The zero-order valence-electron chi connectivity index (χ0n) is 9.52. The van der Waals surface area contributed by atoms with Crippen LogP contribution in [0.4, 0.5) is 0 Å². The highest BCUT2D eigenvalue weighted by atomic mass is 32.2. The first kappa shape index (κ1) is 14.5. The van der Waals surface area contributed by atoms with Gasteiger partial charge < -0.3 is 4.55 Å². The Morgan fingerprint density at radius 1 is 1.20 bits per heavy atom. The molecule has 0 spiro atoms. The average molecular weight is 234 g/mol. The first-order valence-electron chi connectivity index (χ1n) is 4.94. The minimum absolute atomic E-state index is 0.0312. The minimum Gasteiger partial charge on any atom is -0.300 e. The molecule has 0 amide bonds. The molecule has 1 N–H and O–H groups in total. The minimum atomic E-state index is -2.47. The fourth-order valence-corrected chi connectivity index (χ4v) is 1.54. The summed E-state index contributed by atoms with van der Waals surface area (Å²) in [6.07, 6.45) is 0.0461. The second-order valence-corrected chi connectivity index (χ2v) is 5.07. The summed E-state index contributed by atoms with van der Waals surface area (Å²) in [5, 5.41) is -0.778. The van der Waals surface area contributed by atoms with Crippen LogP contribution in [-0.4, -0.2) is 19.7 Å². The van der Waals surface area contributed by atoms with Gasteiger partial charge in [-0.3, -0.25) is 9.59 Å². The maximum atomic E-state index is 11.6. The van der Waals surface area contributed by atoms with E-state index in [2.05, 4.69) is 0 Å². The lowest BCUT2D eigenvalue weighted by Crippen LogP contribution is -2.24. The Morgan fingerprint density at radius 3 is 2.00 bits per heavy atom. The molecule has 0 saturated heterocycles. The van der Waals surface area contributed by atoms with E-state index in [-0.39, 0.29) is 24.0 Å². The smallest absolute Gasteiger partial charge is 0.249 e. The van der Waals surface area contributed by atoms with Crippen molar-refractivity contribution < 1.29 is 18.4 Å². The van der Waals surface area contributed by atoms with Crippen LogP contribution < -0.4 is 0 Å². The van der Waals surface area contributed by atoms with Crippen molar-refractivity contribution in [2.24, 2.45) is 17.8 Å². The van der Waals surface area contributed by atoms with Crippen LogP contribution in [0.2, 0.25) is 0 Å². The second kappa shape index (κ2) is 6.12. The van der Waals surface area contributed by atoms with Crippen molar-refractivity contribution in [3.05, 3.63) is 0 Å². The van der Waals surface area contributed by atoms with E-state index in [1.54, 1.807) is 6.92 Å². The number of hydrogen-bond acceptors (Lipinski definition) is 3. The monoisotopic (exact) mass is 234 g/mol. The molecule has 88 valence electrons. The molecule has 0 bridgehead atoms. The Balaban J connectivity index is 4.30. The first-order valence-corrected chi connectivity index (χ1v) is 6.05. The Kier molecular flexibility index (Phi) is 5.90. The lowest BCUT2D eigenvalue weighted by atomic mass is 9.89. The number of carbonyl (C=O) groups excluding carboxylic acids is 2. The van der Waals surface area contributed by atoms with Crippen LogP contribution in [0.15, 0.2) is 0 Å². The Hall–Kier alpha value is -0.550. The molecule has 0 heterocycles. The fraction of sp³-hybridized carbons (Fsp3) is 0.800. The standard InChI is InChI=1S/C10H18O4S/c1-6(2)8(4)9(11)5-7(3)10(12)15(13)14/h6-8H,5H2,1-4H3,(H,13,14)/t7-,8+/m1/s1. The quantitative estimate of drug-likeness (QED) is 0.734. The molecule has 0 radical (unpaired) electrons. The predicted octanol–water partition coefficient (Wildman–Crippen LogP) is 1.62. The SMILES string of the molecule is CC(C)[C@H](C)C(=O)C[C@@H](C)C(=O)S(=O)O. The van der Waals surface area contributed by atoms with Gasteiger partial charge in [-0.2, -0.15) is 0 Å².